The number of rotatable bonds is 13. The number of carbonyl (C=O) groups is 5. The lowest BCUT2D eigenvalue weighted by Crippen LogP contribution is -2.35. The van der Waals surface area contributed by atoms with Gasteiger partial charge in [-0.2, -0.15) is 0 Å². The number of amides is 2. The lowest BCUT2D eigenvalue weighted by atomic mass is 10.0. The number of ketones is 2. The van der Waals surface area contributed by atoms with E-state index < -0.39 is 53.0 Å². The first-order chi connectivity index (χ1) is 22.8. The van der Waals surface area contributed by atoms with E-state index in [2.05, 4.69) is 5.32 Å². The fourth-order valence-corrected chi connectivity index (χ4v) is 4.77. The van der Waals surface area contributed by atoms with Gasteiger partial charge in [0.05, 0.1) is 23.4 Å². The van der Waals surface area contributed by atoms with Crippen LogP contribution in [-0.4, -0.2) is 66.3 Å². The van der Waals surface area contributed by atoms with Crippen LogP contribution in [0.5, 0.6) is 0 Å². The maximum atomic E-state index is 15.1. The molecule has 0 unspecified atom stereocenters. The van der Waals surface area contributed by atoms with Gasteiger partial charge in [-0.3, -0.25) is 14.4 Å². The minimum absolute atomic E-state index is 0.0158. The summed E-state index contributed by atoms with van der Waals surface area (Å²) in [5.41, 5.74) is 0.671. The molecule has 0 bridgehead atoms. The molecule has 2 amide bonds. The second-order valence-electron chi connectivity index (χ2n) is 13.9. The van der Waals surface area contributed by atoms with Crippen molar-refractivity contribution in [2.45, 2.75) is 78.6 Å². The lowest BCUT2D eigenvalue weighted by Gasteiger charge is -2.26. The third-order valence-corrected chi connectivity index (χ3v) is 7.05. The quantitative estimate of drug-likeness (QED) is 0.117. The van der Waals surface area contributed by atoms with E-state index in [1.165, 1.54) is 18.0 Å². The highest BCUT2D eigenvalue weighted by atomic mass is 19.1. The van der Waals surface area contributed by atoms with Gasteiger partial charge in [0.25, 0.3) is 0 Å². The molecule has 0 saturated carbocycles. The summed E-state index contributed by atoms with van der Waals surface area (Å²) < 4.78 is 25.8. The van der Waals surface area contributed by atoms with Gasteiger partial charge in [-0.1, -0.05) is 42.5 Å². The predicted octanol–water partition coefficient (Wildman–Crippen LogP) is 7.00. The number of halogens is 1. The van der Waals surface area contributed by atoms with E-state index in [9.17, 15) is 24.0 Å². The van der Waals surface area contributed by atoms with Gasteiger partial charge >= 0.3 is 12.1 Å². The van der Waals surface area contributed by atoms with Crippen LogP contribution < -0.4 is 10.2 Å². The van der Waals surface area contributed by atoms with E-state index in [-0.39, 0.29) is 36.3 Å². The number of esters is 1. The van der Waals surface area contributed by atoms with Crippen LogP contribution in [0.3, 0.4) is 0 Å². The fourth-order valence-electron chi connectivity index (χ4n) is 4.77. The fraction of sp³-hybridized carbons (Fsp3) is 0.395. The van der Waals surface area contributed by atoms with Gasteiger partial charge in [-0.15, -0.1) is 0 Å². The minimum Gasteiger partial charge on any atom is -0.456 e. The highest BCUT2D eigenvalue weighted by Crippen LogP contribution is 2.33. The Morgan fingerprint density at radius 1 is 0.796 bits per heavy atom. The van der Waals surface area contributed by atoms with Crippen molar-refractivity contribution in [3.63, 3.8) is 0 Å². The predicted molar refractivity (Wildman–Crippen MR) is 186 cm³/mol. The molecule has 0 aliphatic carbocycles. The number of anilines is 2. The molecule has 0 fully saturated rings. The number of Topliss-reactive ketones (excluding diaryl/α,β-unsaturated/α-hetero) is 2. The second-order valence-corrected chi connectivity index (χ2v) is 13.9. The van der Waals surface area contributed by atoms with E-state index in [4.69, 9.17) is 9.47 Å². The Morgan fingerprint density at radius 3 is 2.00 bits per heavy atom. The van der Waals surface area contributed by atoms with Crippen LogP contribution in [0.1, 0.15) is 86.2 Å². The average Bonchev–Trinajstić information content (AvgIpc) is 2.99. The Morgan fingerprint density at radius 2 is 1.41 bits per heavy atom. The number of carbonyl (C=O) groups excluding carboxylic acids is 5. The SMILES string of the molecule is CN(CCC(=O)c1cc(F)cc(N(C)Cc2ccccc2)c1NC(=O)CC(=O)Cc1ccc(C(=O)OC(C)(C)C)cc1)C(=O)OC(C)(C)C. The molecule has 11 heteroatoms. The van der Waals surface area contributed by atoms with Crippen molar-refractivity contribution in [1.29, 1.82) is 0 Å². The molecular formula is C38H46FN3O7. The van der Waals surface area contributed by atoms with E-state index in [1.807, 2.05) is 30.3 Å². The molecule has 0 aliphatic rings. The molecule has 3 aromatic carbocycles. The normalized spacial score (nSPS) is 11.4. The van der Waals surface area contributed by atoms with Gasteiger partial charge in [0, 0.05) is 45.6 Å². The first kappa shape index (κ1) is 38.4. The molecule has 0 atom stereocenters. The third kappa shape index (κ3) is 12.5. The van der Waals surface area contributed by atoms with Crippen molar-refractivity contribution in [2.24, 2.45) is 0 Å². The maximum absolute atomic E-state index is 15.1. The summed E-state index contributed by atoms with van der Waals surface area (Å²) in [6, 6.07) is 18.0. The monoisotopic (exact) mass is 675 g/mol. The topological polar surface area (TPSA) is 122 Å². The van der Waals surface area contributed by atoms with Gasteiger partial charge in [0.1, 0.15) is 22.8 Å². The molecule has 262 valence electrons. The molecule has 0 aromatic heterocycles. The molecule has 0 aliphatic heterocycles. The summed E-state index contributed by atoms with van der Waals surface area (Å²) in [7, 11) is 3.19. The molecule has 10 nitrogen and oxygen atoms in total. The zero-order valence-electron chi connectivity index (χ0n) is 29.5. The Bertz CT molecular complexity index is 1660. The molecule has 1 N–H and O–H groups in total. The first-order valence-electron chi connectivity index (χ1n) is 16.0. The van der Waals surface area contributed by atoms with Crippen LogP contribution in [0.15, 0.2) is 66.7 Å². The highest BCUT2D eigenvalue weighted by molar-refractivity contribution is 6.11. The van der Waals surface area contributed by atoms with Crippen LogP contribution in [0.25, 0.3) is 0 Å². The molecular weight excluding hydrogens is 629 g/mol. The Labute approximate surface area is 287 Å². The first-order valence-corrected chi connectivity index (χ1v) is 16.0. The van der Waals surface area contributed by atoms with Gasteiger partial charge in [-0.05, 0) is 76.9 Å². The summed E-state index contributed by atoms with van der Waals surface area (Å²) in [6.45, 7) is 10.8. The molecule has 3 aromatic rings. The number of nitrogens with zero attached hydrogens (tertiary/aromatic N) is 2. The van der Waals surface area contributed by atoms with Crippen LogP contribution in [0.2, 0.25) is 0 Å². The van der Waals surface area contributed by atoms with Crippen molar-refractivity contribution in [3.05, 3.63) is 94.8 Å². The van der Waals surface area contributed by atoms with Crippen molar-refractivity contribution >= 4 is 40.9 Å². The van der Waals surface area contributed by atoms with Gasteiger partial charge in [0.15, 0.2) is 5.78 Å². The van der Waals surface area contributed by atoms with E-state index in [0.29, 0.717) is 17.7 Å². The zero-order valence-corrected chi connectivity index (χ0v) is 29.5. The minimum atomic E-state index is -0.728. The summed E-state index contributed by atoms with van der Waals surface area (Å²) in [4.78, 5) is 67.5. The smallest absolute Gasteiger partial charge is 0.410 e. The highest BCUT2D eigenvalue weighted by Gasteiger charge is 2.25. The van der Waals surface area contributed by atoms with Gasteiger partial charge in [0.2, 0.25) is 5.91 Å². The molecule has 49 heavy (non-hydrogen) atoms. The Balaban J connectivity index is 1.81. The number of hydrogen-bond donors (Lipinski definition) is 1. The Kier molecular flexibility index (Phi) is 12.8. The molecule has 0 spiro atoms. The Hall–Kier alpha value is -5.06. The van der Waals surface area contributed by atoms with Crippen molar-refractivity contribution in [2.75, 3.05) is 30.9 Å². The molecule has 0 saturated heterocycles. The standard InChI is InChI=1S/C38H46FN3O7/c1-37(2,3)48-35(46)27-16-14-25(15-17-27)20-29(43)23-33(45)40-34-30(32(44)18-19-41(7)36(47)49-38(4,5)6)21-28(39)22-31(34)42(8)24-26-12-10-9-11-13-26/h9-17,21-22H,18-20,23-24H2,1-8H3,(H,40,45). The average molecular weight is 676 g/mol. The van der Waals surface area contributed by atoms with Gasteiger partial charge < -0.3 is 24.6 Å². The van der Waals surface area contributed by atoms with Crippen molar-refractivity contribution in [3.8, 4) is 0 Å². The summed E-state index contributed by atoms with van der Waals surface area (Å²) >= 11 is 0. The molecule has 0 radical (unpaired) electrons. The molecule has 0 heterocycles. The van der Waals surface area contributed by atoms with E-state index >= 15 is 4.39 Å². The zero-order chi connectivity index (χ0) is 36.5. The summed E-state index contributed by atoms with van der Waals surface area (Å²) in [6.07, 6.45) is -1.38. The van der Waals surface area contributed by atoms with Crippen LogP contribution in [0.4, 0.5) is 20.6 Å². The lowest BCUT2D eigenvalue weighted by molar-refractivity contribution is -0.125. The van der Waals surface area contributed by atoms with Crippen LogP contribution in [-0.2, 0) is 32.0 Å². The largest absolute Gasteiger partial charge is 0.456 e. The number of hydrogen-bond acceptors (Lipinski definition) is 8. The number of benzene rings is 3. The van der Waals surface area contributed by atoms with E-state index in [1.54, 1.807) is 77.8 Å². The molecule has 3 rings (SSSR count). The van der Waals surface area contributed by atoms with E-state index in [0.717, 1.165) is 11.6 Å². The number of ether oxygens (including phenoxy) is 2. The summed E-state index contributed by atoms with van der Waals surface area (Å²) in [5.74, 6) is -2.79. The second kappa shape index (κ2) is 16.4. The van der Waals surface area contributed by atoms with Crippen molar-refractivity contribution in [1.82, 2.24) is 4.90 Å². The van der Waals surface area contributed by atoms with Gasteiger partial charge in [-0.25, -0.2) is 14.0 Å². The number of nitrogens with one attached hydrogen (secondary N) is 1. The van der Waals surface area contributed by atoms with Crippen LogP contribution in [0, 0.1) is 5.82 Å². The maximum Gasteiger partial charge on any atom is 0.410 e. The third-order valence-electron chi connectivity index (χ3n) is 7.05. The van der Waals surface area contributed by atoms with Crippen molar-refractivity contribution < 1.29 is 37.8 Å². The van der Waals surface area contributed by atoms with Crippen LogP contribution >= 0.6 is 0 Å². The summed E-state index contributed by atoms with van der Waals surface area (Å²) in [5, 5.41) is 2.70.